The number of carbonyl (C=O) groups excluding carboxylic acids is 1. The molecule has 2 rings (SSSR count). The average Bonchev–Trinajstić information content (AvgIpc) is 3.05. The van der Waals surface area contributed by atoms with Crippen LogP contribution in [0.3, 0.4) is 0 Å². The molecule has 2 N–H and O–H groups in total. The minimum atomic E-state index is -0.106. The first-order valence-electron chi connectivity index (χ1n) is 8.63. The number of ether oxygens (including phenoxy) is 1. The molecule has 1 atom stereocenters. The summed E-state index contributed by atoms with van der Waals surface area (Å²) in [7, 11) is 0. The number of rotatable bonds is 7. The molecule has 1 aromatic carbocycles. The molecule has 1 fully saturated rings. The Hall–Kier alpha value is -1.55. The van der Waals surface area contributed by atoms with Crippen LogP contribution in [0.4, 0.5) is 0 Å². The fourth-order valence-corrected chi connectivity index (χ4v) is 2.71. The summed E-state index contributed by atoms with van der Waals surface area (Å²) in [5.74, 6) is 1.54. The lowest BCUT2D eigenvalue weighted by molar-refractivity contribution is -0.123. The molecule has 1 heterocycles. The molecule has 23 heavy (non-hydrogen) atoms. The molecule has 4 heteroatoms. The summed E-state index contributed by atoms with van der Waals surface area (Å²) < 4.78 is 5.72. The van der Waals surface area contributed by atoms with Gasteiger partial charge in [0.05, 0.1) is 12.6 Å². The van der Waals surface area contributed by atoms with Crippen LogP contribution in [0.15, 0.2) is 24.3 Å². The molecule has 0 aliphatic carbocycles. The van der Waals surface area contributed by atoms with Crippen LogP contribution >= 0.6 is 0 Å². The summed E-state index contributed by atoms with van der Waals surface area (Å²) in [6.07, 6.45) is 2.02. The van der Waals surface area contributed by atoms with Gasteiger partial charge >= 0.3 is 0 Å². The third kappa shape index (κ3) is 5.24. The van der Waals surface area contributed by atoms with Crippen molar-refractivity contribution >= 4 is 5.91 Å². The maximum atomic E-state index is 12.1. The largest absolute Gasteiger partial charge is 0.493 e. The van der Waals surface area contributed by atoms with Crippen LogP contribution in [0.1, 0.15) is 46.1 Å². The summed E-state index contributed by atoms with van der Waals surface area (Å²) in [4.78, 5) is 12.1. The first-order chi connectivity index (χ1) is 10.9. The van der Waals surface area contributed by atoms with Crippen molar-refractivity contribution < 1.29 is 9.53 Å². The van der Waals surface area contributed by atoms with Crippen molar-refractivity contribution in [2.45, 2.75) is 52.0 Å². The van der Waals surface area contributed by atoms with Gasteiger partial charge in [0, 0.05) is 12.0 Å². The van der Waals surface area contributed by atoms with E-state index in [1.165, 1.54) is 5.56 Å². The van der Waals surface area contributed by atoms with Gasteiger partial charge in [-0.05, 0) is 43.0 Å². The first-order valence-corrected chi connectivity index (χ1v) is 8.63. The zero-order valence-corrected chi connectivity index (χ0v) is 14.8. The number of benzene rings is 1. The van der Waals surface area contributed by atoms with Crippen LogP contribution in [-0.4, -0.2) is 31.6 Å². The highest BCUT2D eigenvalue weighted by atomic mass is 16.5. The Kier molecular flexibility index (Phi) is 6.05. The maximum Gasteiger partial charge on any atom is 0.237 e. The van der Waals surface area contributed by atoms with Crippen LogP contribution in [0.5, 0.6) is 5.75 Å². The first kappa shape index (κ1) is 17.8. The second-order valence-electron chi connectivity index (χ2n) is 7.48. The second-order valence-corrected chi connectivity index (χ2v) is 7.48. The van der Waals surface area contributed by atoms with E-state index in [1.807, 2.05) is 12.1 Å². The summed E-state index contributed by atoms with van der Waals surface area (Å²) >= 11 is 0. The lowest BCUT2D eigenvalue weighted by Crippen LogP contribution is -2.45. The molecule has 0 radical (unpaired) electrons. The van der Waals surface area contributed by atoms with Crippen LogP contribution in [0.2, 0.25) is 0 Å². The Labute approximate surface area is 140 Å². The molecule has 0 saturated carbocycles. The van der Waals surface area contributed by atoms with E-state index in [9.17, 15) is 4.79 Å². The smallest absolute Gasteiger partial charge is 0.237 e. The molecule has 0 aromatic heterocycles. The van der Waals surface area contributed by atoms with Gasteiger partial charge in [0.15, 0.2) is 0 Å². The molecule has 1 aromatic rings. The highest BCUT2D eigenvalue weighted by molar-refractivity contribution is 5.82. The zero-order valence-electron chi connectivity index (χ0n) is 14.8. The molecular formula is C19H30N2O2. The Morgan fingerprint density at radius 1 is 1.35 bits per heavy atom. The fraction of sp³-hybridized carbons (Fsp3) is 0.632. The van der Waals surface area contributed by atoms with Gasteiger partial charge in [-0.15, -0.1) is 0 Å². The lowest BCUT2D eigenvalue weighted by atomic mass is 9.84. The Bertz CT molecular complexity index is 503. The molecule has 1 unspecified atom stereocenters. The van der Waals surface area contributed by atoms with Crippen LogP contribution in [0, 0.1) is 5.92 Å². The lowest BCUT2D eigenvalue weighted by Gasteiger charge is -2.26. The molecule has 128 valence electrons. The summed E-state index contributed by atoms with van der Waals surface area (Å²) in [6.45, 7) is 10.9. The predicted molar refractivity (Wildman–Crippen MR) is 93.8 cm³/mol. The average molecular weight is 318 g/mol. The molecular weight excluding hydrogens is 288 g/mol. The predicted octanol–water partition coefficient (Wildman–Crippen LogP) is 2.87. The van der Waals surface area contributed by atoms with Gasteiger partial charge in [-0.3, -0.25) is 4.79 Å². The molecule has 1 aliphatic heterocycles. The van der Waals surface area contributed by atoms with E-state index in [0.717, 1.165) is 31.7 Å². The molecule has 4 nitrogen and oxygen atoms in total. The van der Waals surface area contributed by atoms with E-state index in [1.54, 1.807) is 0 Å². The van der Waals surface area contributed by atoms with Gasteiger partial charge in [-0.25, -0.2) is 0 Å². The summed E-state index contributed by atoms with van der Waals surface area (Å²) in [5, 5.41) is 6.32. The van der Waals surface area contributed by atoms with Crippen molar-refractivity contribution in [1.82, 2.24) is 10.6 Å². The SMILES string of the molecule is CC(C)COc1ccc(C(C)(C)CNC(=O)C2CCCN2)cc1. The summed E-state index contributed by atoms with van der Waals surface area (Å²) in [5.41, 5.74) is 1.10. The van der Waals surface area contributed by atoms with E-state index >= 15 is 0 Å². The normalized spacial score (nSPS) is 18.2. The number of hydrogen-bond donors (Lipinski definition) is 2. The van der Waals surface area contributed by atoms with Gasteiger partial charge in [-0.1, -0.05) is 39.8 Å². The topological polar surface area (TPSA) is 50.4 Å². The van der Waals surface area contributed by atoms with Crippen molar-refractivity contribution in [2.24, 2.45) is 5.92 Å². The van der Waals surface area contributed by atoms with Crippen LogP contribution in [-0.2, 0) is 10.2 Å². The quantitative estimate of drug-likeness (QED) is 0.813. The Morgan fingerprint density at radius 2 is 2.04 bits per heavy atom. The second kappa shape index (κ2) is 7.82. The number of amides is 1. The maximum absolute atomic E-state index is 12.1. The highest BCUT2D eigenvalue weighted by Crippen LogP contribution is 2.25. The number of hydrogen-bond acceptors (Lipinski definition) is 3. The van der Waals surface area contributed by atoms with E-state index in [-0.39, 0.29) is 17.4 Å². The molecule has 1 saturated heterocycles. The Balaban J connectivity index is 1.89. The van der Waals surface area contributed by atoms with Crippen molar-refractivity contribution in [2.75, 3.05) is 19.7 Å². The van der Waals surface area contributed by atoms with E-state index < -0.39 is 0 Å². The van der Waals surface area contributed by atoms with Gasteiger partial charge in [-0.2, -0.15) is 0 Å². The molecule has 1 aliphatic rings. The molecule has 0 spiro atoms. The van der Waals surface area contributed by atoms with E-state index in [4.69, 9.17) is 4.74 Å². The Morgan fingerprint density at radius 3 is 2.61 bits per heavy atom. The van der Waals surface area contributed by atoms with Crippen molar-refractivity contribution in [3.05, 3.63) is 29.8 Å². The van der Waals surface area contributed by atoms with Gasteiger partial charge in [0.25, 0.3) is 0 Å². The minimum absolute atomic E-state index is 0.0161. The highest BCUT2D eigenvalue weighted by Gasteiger charge is 2.26. The van der Waals surface area contributed by atoms with Gasteiger partial charge < -0.3 is 15.4 Å². The van der Waals surface area contributed by atoms with Crippen molar-refractivity contribution in [3.63, 3.8) is 0 Å². The van der Waals surface area contributed by atoms with Crippen molar-refractivity contribution in [1.29, 1.82) is 0 Å². The number of carbonyl (C=O) groups is 1. The minimum Gasteiger partial charge on any atom is -0.493 e. The van der Waals surface area contributed by atoms with E-state index in [2.05, 4.69) is 50.5 Å². The van der Waals surface area contributed by atoms with Crippen LogP contribution < -0.4 is 15.4 Å². The standard InChI is InChI=1S/C19H30N2O2/c1-14(2)12-23-16-9-7-15(8-10-16)19(3,4)13-21-18(22)17-6-5-11-20-17/h7-10,14,17,20H,5-6,11-13H2,1-4H3,(H,21,22). The fourth-order valence-electron chi connectivity index (χ4n) is 2.71. The summed E-state index contributed by atoms with van der Waals surface area (Å²) in [6, 6.07) is 8.20. The third-order valence-electron chi connectivity index (χ3n) is 4.30. The number of nitrogens with one attached hydrogen (secondary N) is 2. The molecule has 0 bridgehead atoms. The zero-order chi connectivity index (χ0) is 16.9. The monoisotopic (exact) mass is 318 g/mol. The van der Waals surface area contributed by atoms with Gasteiger partial charge in [0.2, 0.25) is 5.91 Å². The van der Waals surface area contributed by atoms with E-state index in [0.29, 0.717) is 12.5 Å². The van der Waals surface area contributed by atoms with Crippen molar-refractivity contribution in [3.8, 4) is 5.75 Å². The van der Waals surface area contributed by atoms with Crippen LogP contribution in [0.25, 0.3) is 0 Å². The molecule has 1 amide bonds. The third-order valence-corrected chi connectivity index (χ3v) is 4.30. The van der Waals surface area contributed by atoms with Gasteiger partial charge in [0.1, 0.15) is 5.75 Å².